The predicted octanol–water partition coefficient (Wildman–Crippen LogP) is 1.24. The first-order valence-corrected chi connectivity index (χ1v) is 4.79. The minimum absolute atomic E-state index is 0.201. The Morgan fingerprint density at radius 2 is 1.29 bits per heavy atom. The van der Waals surface area contributed by atoms with Gasteiger partial charge in [0.15, 0.2) is 5.78 Å². The molecular weight excluding hydrogens is 176 g/mol. The van der Waals surface area contributed by atoms with Gasteiger partial charge in [0.25, 0.3) is 0 Å². The van der Waals surface area contributed by atoms with Gasteiger partial charge in [0.05, 0.1) is 0 Å². The van der Waals surface area contributed by atoms with Crippen molar-refractivity contribution in [3.63, 3.8) is 0 Å². The van der Waals surface area contributed by atoms with E-state index in [4.69, 9.17) is 0 Å². The van der Waals surface area contributed by atoms with Crippen LogP contribution >= 0.6 is 0 Å². The Morgan fingerprint density at radius 1 is 0.929 bits per heavy atom. The topological polar surface area (TPSA) is 23.6 Å². The van der Waals surface area contributed by atoms with Gasteiger partial charge in [-0.2, -0.15) is 0 Å². The normalized spacial score (nSPS) is 22.1. The molecule has 0 radical (unpaired) electrons. The van der Waals surface area contributed by atoms with Gasteiger partial charge in [-0.1, -0.05) is 0 Å². The van der Waals surface area contributed by atoms with Crippen LogP contribution in [0.5, 0.6) is 0 Å². The highest BCUT2D eigenvalue weighted by Gasteiger charge is 2.23. The molecule has 0 aromatic rings. The Kier molecular flexibility index (Phi) is 3.33. The van der Waals surface area contributed by atoms with Crippen molar-refractivity contribution in [2.75, 3.05) is 28.2 Å². The lowest BCUT2D eigenvalue weighted by molar-refractivity contribution is -0.111. The highest BCUT2D eigenvalue weighted by atomic mass is 16.1. The van der Waals surface area contributed by atoms with Gasteiger partial charge in [0.1, 0.15) is 0 Å². The van der Waals surface area contributed by atoms with Crippen molar-refractivity contribution in [1.29, 1.82) is 0 Å². The third kappa shape index (κ3) is 2.62. The van der Waals surface area contributed by atoms with Crippen LogP contribution in [0.15, 0.2) is 23.5 Å². The Labute approximate surface area is 85.7 Å². The number of hydrogen-bond donors (Lipinski definition) is 0. The summed E-state index contributed by atoms with van der Waals surface area (Å²) in [6, 6.07) is 0. The van der Waals surface area contributed by atoms with Crippen molar-refractivity contribution < 1.29 is 4.79 Å². The number of carbonyl (C=O) groups excluding carboxylic acids is 1. The van der Waals surface area contributed by atoms with E-state index < -0.39 is 0 Å². The first-order chi connectivity index (χ1) is 6.50. The number of nitrogens with zero attached hydrogens (tertiary/aromatic N) is 2. The van der Waals surface area contributed by atoms with Crippen LogP contribution in [0.1, 0.15) is 12.8 Å². The molecule has 0 unspecified atom stereocenters. The monoisotopic (exact) mass is 194 g/mol. The van der Waals surface area contributed by atoms with Crippen LogP contribution in [0.2, 0.25) is 0 Å². The SMILES string of the molecule is CN(C)/C=C1/CC/C(=C\N(C)C)C1=O. The average Bonchev–Trinajstić information content (AvgIpc) is 2.34. The molecule has 1 rings (SSSR count). The Bertz CT molecular complexity index is 260. The van der Waals surface area contributed by atoms with Gasteiger partial charge in [-0.25, -0.2) is 0 Å². The second-order valence-electron chi connectivity index (χ2n) is 4.07. The number of carbonyl (C=O) groups is 1. The van der Waals surface area contributed by atoms with E-state index in [1.54, 1.807) is 0 Å². The molecule has 0 aromatic carbocycles. The summed E-state index contributed by atoms with van der Waals surface area (Å²) in [4.78, 5) is 15.6. The summed E-state index contributed by atoms with van der Waals surface area (Å²) in [5.74, 6) is 0.201. The summed E-state index contributed by atoms with van der Waals surface area (Å²) in [5.41, 5.74) is 1.84. The van der Waals surface area contributed by atoms with E-state index in [0.29, 0.717) is 0 Å². The van der Waals surface area contributed by atoms with Crippen LogP contribution < -0.4 is 0 Å². The molecule has 0 aromatic heterocycles. The molecule has 0 bridgehead atoms. The van der Waals surface area contributed by atoms with Gasteiger partial charge in [-0.05, 0) is 12.8 Å². The molecule has 0 amide bonds. The molecule has 78 valence electrons. The highest BCUT2D eigenvalue weighted by Crippen LogP contribution is 2.26. The second-order valence-corrected chi connectivity index (χ2v) is 4.07. The number of Topliss-reactive ketones (excluding diaryl/α,β-unsaturated/α-hetero) is 1. The molecule has 0 atom stereocenters. The lowest BCUT2D eigenvalue weighted by Gasteiger charge is -2.06. The molecule has 0 N–H and O–H groups in total. The van der Waals surface area contributed by atoms with Gasteiger partial charge < -0.3 is 9.80 Å². The summed E-state index contributed by atoms with van der Waals surface area (Å²) in [5, 5.41) is 0. The summed E-state index contributed by atoms with van der Waals surface area (Å²) < 4.78 is 0. The third-order valence-electron chi connectivity index (χ3n) is 2.08. The first-order valence-electron chi connectivity index (χ1n) is 4.79. The van der Waals surface area contributed by atoms with Crippen molar-refractivity contribution in [3.05, 3.63) is 23.5 Å². The molecule has 0 aliphatic heterocycles. The maximum atomic E-state index is 11.8. The highest BCUT2D eigenvalue weighted by molar-refractivity contribution is 6.10. The van der Waals surface area contributed by atoms with E-state index in [0.717, 1.165) is 24.0 Å². The lowest BCUT2D eigenvalue weighted by Crippen LogP contribution is -2.08. The van der Waals surface area contributed by atoms with Crippen LogP contribution in [0.25, 0.3) is 0 Å². The Hall–Kier alpha value is -1.25. The van der Waals surface area contributed by atoms with Crippen LogP contribution in [0.3, 0.4) is 0 Å². The molecule has 3 heteroatoms. The van der Waals surface area contributed by atoms with Crippen molar-refractivity contribution in [3.8, 4) is 0 Å². The molecule has 1 saturated carbocycles. The molecular formula is C11H18N2O. The van der Waals surface area contributed by atoms with E-state index in [2.05, 4.69) is 0 Å². The largest absolute Gasteiger partial charge is 0.383 e. The molecule has 0 spiro atoms. The molecule has 0 heterocycles. The number of rotatable bonds is 2. The van der Waals surface area contributed by atoms with Crippen LogP contribution in [-0.4, -0.2) is 43.8 Å². The van der Waals surface area contributed by atoms with E-state index in [-0.39, 0.29) is 5.78 Å². The average molecular weight is 194 g/mol. The number of ketones is 1. The summed E-state index contributed by atoms with van der Waals surface area (Å²) in [7, 11) is 7.75. The van der Waals surface area contributed by atoms with Crippen LogP contribution in [0, 0.1) is 0 Å². The van der Waals surface area contributed by atoms with Gasteiger partial charge in [0.2, 0.25) is 0 Å². The van der Waals surface area contributed by atoms with Crippen LogP contribution in [-0.2, 0) is 4.79 Å². The minimum Gasteiger partial charge on any atom is -0.383 e. The third-order valence-corrected chi connectivity index (χ3v) is 2.08. The van der Waals surface area contributed by atoms with Gasteiger partial charge in [-0.3, -0.25) is 4.79 Å². The smallest absolute Gasteiger partial charge is 0.187 e. The fourth-order valence-electron chi connectivity index (χ4n) is 1.57. The Balaban J connectivity index is 2.79. The van der Waals surface area contributed by atoms with Gasteiger partial charge >= 0.3 is 0 Å². The van der Waals surface area contributed by atoms with Crippen LogP contribution in [0.4, 0.5) is 0 Å². The maximum absolute atomic E-state index is 11.8. The maximum Gasteiger partial charge on any atom is 0.187 e. The zero-order chi connectivity index (χ0) is 10.7. The quantitative estimate of drug-likeness (QED) is 0.618. The minimum atomic E-state index is 0.201. The van der Waals surface area contributed by atoms with Crippen molar-refractivity contribution >= 4 is 5.78 Å². The first kappa shape index (κ1) is 10.8. The van der Waals surface area contributed by atoms with Crippen molar-refractivity contribution in [1.82, 2.24) is 9.80 Å². The summed E-state index contributed by atoms with van der Waals surface area (Å²) >= 11 is 0. The second kappa shape index (κ2) is 4.31. The standard InChI is InChI=1S/C11H18N2O/c1-12(2)7-9-5-6-10(11(9)14)8-13(3)4/h7-8H,5-6H2,1-4H3/b9-7-,10-8+. The molecule has 3 nitrogen and oxygen atoms in total. The van der Waals surface area contributed by atoms with Gasteiger partial charge in [-0.15, -0.1) is 0 Å². The lowest BCUT2D eigenvalue weighted by atomic mass is 10.2. The zero-order valence-corrected chi connectivity index (χ0v) is 9.37. The van der Waals surface area contributed by atoms with E-state index in [9.17, 15) is 4.79 Å². The van der Waals surface area contributed by atoms with Gasteiger partial charge in [0, 0.05) is 51.7 Å². The van der Waals surface area contributed by atoms with E-state index in [1.807, 2.05) is 50.4 Å². The van der Waals surface area contributed by atoms with Crippen molar-refractivity contribution in [2.45, 2.75) is 12.8 Å². The van der Waals surface area contributed by atoms with E-state index >= 15 is 0 Å². The number of allylic oxidation sites excluding steroid dienone is 2. The molecule has 1 fully saturated rings. The fourth-order valence-corrected chi connectivity index (χ4v) is 1.57. The zero-order valence-electron chi connectivity index (χ0n) is 9.37. The fraction of sp³-hybridized carbons (Fsp3) is 0.545. The molecule has 1 aliphatic rings. The molecule has 14 heavy (non-hydrogen) atoms. The number of hydrogen-bond acceptors (Lipinski definition) is 3. The summed E-state index contributed by atoms with van der Waals surface area (Å²) in [6.07, 6.45) is 5.57. The summed E-state index contributed by atoms with van der Waals surface area (Å²) in [6.45, 7) is 0. The molecule has 1 aliphatic carbocycles. The predicted molar refractivity (Wildman–Crippen MR) is 57.8 cm³/mol. The Morgan fingerprint density at radius 3 is 1.57 bits per heavy atom. The van der Waals surface area contributed by atoms with Crippen molar-refractivity contribution in [2.24, 2.45) is 0 Å². The molecule has 0 saturated heterocycles. The van der Waals surface area contributed by atoms with E-state index in [1.165, 1.54) is 0 Å².